The van der Waals surface area contributed by atoms with E-state index in [2.05, 4.69) is 53.0 Å². The molecule has 0 bridgehead atoms. The van der Waals surface area contributed by atoms with E-state index in [1.165, 1.54) is 25.7 Å². The predicted octanol–water partition coefficient (Wildman–Crippen LogP) is 5.07. The van der Waals surface area contributed by atoms with Crippen molar-refractivity contribution >= 4 is 91.2 Å². The van der Waals surface area contributed by atoms with Gasteiger partial charge in [0.15, 0.2) is 10.1 Å². The molecule has 8 nitrogen and oxygen atoms in total. The quantitative estimate of drug-likeness (QED) is 0.0593. The van der Waals surface area contributed by atoms with Gasteiger partial charge in [-0.1, -0.05) is 26.7 Å². The number of rotatable bonds is 24. The first-order valence-corrected chi connectivity index (χ1v) is 20.2. The van der Waals surface area contributed by atoms with Crippen LogP contribution in [-0.4, -0.2) is 104 Å². The molecule has 0 rings (SSSR count). The van der Waals surface area contributed by atoms with Gasteiger partial charge in [0.1, 0.15) is 25.4 Å². The third-order valence-corrected chi connectivity index (χ3v) is 10.1. The second kappa shape index (κ2) is 36.4. The number of thiocarbonyl (C=S) groups is 2. The Labute approximate surface area is 280 Å². The van der Waals surface area contributed by atoms with Crippen LogP contribution in [0.3, 0.4) is 0 Å². The zero-order valence-corrected chi connectivity index (χ0v) is 31.5. The van der Waals surface area contributed by atoms with E-state index in [0.717, 1.165) is 25.7 Å². The first-order valence-electron chi connectivity index (χ1n) is 14.5. The van der Waals surface area contributed by atoms with Crippen molar-refractivity contribution in [2.75, 3.05) is 39.6 Å². The summed E-state index contributed by atoms with van der Waals surface area (Å²) in [5, 5.41) is 17.6. The number of unbranched alkanes of at least 4 members (excludes halogenated alkanes) is 4. The maximum atomic E-state index is 10.5. The minimum absolute atomic E-state index is 0.00251. The maximum absolute atomic E-state index is 10.5. The van der Waals surface area contributed by atoms with Crippen molar-refractivity contribution in [3.8, 4) is 0 Å². The normalized spacial score (nSPS) is 11.5. The van der Waals surface area contributed by atoms with Crippen molar-refractivity contribution in [2.24, 2.45) is 0 Å². The second-order valence-electron chi connectivity index (χ2n) is 8.91. The monoisotopic (exact) mass is 764 g/mol. The van der Waals surface area contributed by atoms with Gasteiger partial charge in [-0.3, -0.25) is 0 Å². The summed E-state index contributed by atoms with van der Waals surface area (Å²) in [6.07, 6.45) is 7.50. The Morgan fingerprint density at radius 1 is 0.634 bits per heavy atom. The van der Waals surface area contributed by atoms with Gasteiger partial charge >= 0.3 is 69.5 Å². The van der Waals surface area contributed by atoms with Crippen molar-refractivity contribution in [3.05, 3.63) is 0 Å². The van der Waals surface area contributed by atoms with Crippen LogP contribution in [-0.2, 0) is 53.8 Å². The van der Waals surface area contributed by atoms with Gasteiger partial charge in [-0.25, -0.2) is 0 Å². The first kappa shape index (κ1) is 45.6. The summed E-state index contributed by atoms with van der Waals surface area (Å²) in [6.45, 7) is 11.5. The summed E-state index contributed by atoms with van der Waals surface area (Å²) in [5.41, 5.74) is 0. The standard InChI is InChI=1S/2C10H18O4S2.2C4H9.Sn/c2*1-2-3-4-13-5-6-14-10(16)8(11)7-9(12)15;2*1-3-4-2;/h2*8,11H,2-7H2,1H3,(H,12,15);2*1,3-4H2,2H3;/q;;;;+2/p-2. The van der Waals surface area contributed by atoms with Crippen LogP contribution in [0.1, 0.15) is 91.9 Å². The topological polar surface area (TPSA) is 112 Å². The van der Waals surface area contributed by atoms with Gasteiger partial charge in [0.05, 0.1) is 13.2 Å². The average Bonchev–Trinajstić information content (AvgIpc) is 2.92. The van der Waals surface area contributed by atoms with E-state index >= 15 is 0 Å². The molecule has 0 aliphatic rings. The fourth-order valence-corrected chi connectivity index (χ4v) is 7.31. The van der Waals surface area contributed by atoms with Gasteiger partial charge in [-0.15, -0.1) is 0 Å². The van der Waals surface area contributed by atoms with Crippen molar-refractivity contribution in [1.29, 1.82) is 0 Å². The molecule has 0 aromatic carbocycles. The van der Waals surface area contributed by atoms with Crippen LogP contribution in [0.4, 0.5) is 0 Å². The van der Waals surface area contributed by atoms with Gasteiger partial charge in [0.2, 0.25) is 0 Å². The summed E-state index contributed by atoms with van der Waals surface area (Å²) in [6, 6.07) is 0. The molecule has 0 aliphatic heterocycles. The van der Waals surface area contributed by atoms with E-state index in [4.69, 9.17) is 43.4 Å². The van der Waals surface area contributed by atoms with E-state index in [9.17, 15) is 19.8 Å². The molecular formula is C28H52O8S4Sn. The van der Waals surface area contributed by atoms with Crippen molar-refractivity contribution in [2.45, 2.75) is 113 Å². The molecule has 2 atom stereocenters. The molecule has 0 aliphatic carbocycles. The van der Waals surface area contributed by atoms with E-state index in [-0.39, 0.29) is 57.3 Å². The van der Waals surface area contributed by atoms with Crippen LogP contribution in [0, 0.1) is 0 Å². The van der Waals surface area contributed by atoms with Crippen LogP contribution >= 0.6 is 24.4 Å². The molecule has 0 aromatic rings. The molecule has 0 saturated heterocycles. The molecule has 2 unspecified atom stereocenters. The van der Waals surface area contributed by atoms with Gasteiger partial charge in [0.25, 0.3) is 0 Å². The van der Waals surface area contributed by atoms with Gasteiger partial charge < -0.3 is 64.0 Å². The van der Waals surface area contributed by atoms with E-state index < -0.39 is 22.4 Å². The molecule has 41 heavy (non-hydrogen) atoms. The molecule has 0 fully saturated rings. The fourth-order valence-electron chi connectivity index (χ4n) is 2.50. The zero-order chi connectivity index (χ0) is 31.7. The molecule has 0 heterocycles. The average molecular weight is 764 g/mol. The van der Waals surface area contributed by atoms with E-state index in [1.807, 2.05) is 0 Å². The predicted molar refractivity (Wildman–Crippen MR) is 180 cm³/mol. The number of hydrogen-bond donors (Lipinski definition) is 2. The number of aliphatic hydroxyl groups excluding tert-OH is 2. The van der Waals surface area contributed by atoms with Crippen LogP contribution in [0.15, 0.2) is 0 Å². The fraction of sp³-hybridized carbons (Fsp3) is 0.857. The second-order valence-corrected chi connectivity index (χ2v) is 14.9. The summed E-state index contributed by atoms with van der Waals surface area (Å²) >= 11 is 18.3. The zero-order valence-electron chi connectivity index (χ0n) is 25.4. The van der Waals surface area contributed by atoms with Gasteiger partial charge in [-0.05, 0) is 37.3 Å². The van der Waals surface area contributed by atoms with Gasteiger partial charge in [-0.2, -0.15) is 0 Å². The number of ether oxygens (including phenoxy) is 4. The Kier molecular flexibility index (Phi) is 40.5. The molecule has 240 valence electrons. The molecule has 0 amide bonds. The van der Waals surface area contributed by atoms with E-state index in [0.29, 0.717) is 26.4 Å². The number of carbonyl (C=O) groups is 2. The molecule has 0 aromatic heterocycles. The Balaban J connectivity index is -0.000000551. The Hall–Kier alpha value is 0.199. The van der Waals surface area contributed by atoms with Crippen LogP contribution in [0.25, 0.3) is 0 Å². The molecule has 2 N–H and O–H groups in total. The third kappa shape index (κ3) is 40.2. The molecule has 0 radical (unpaired) electrons. The first-order chi connectivity index (χ1) is 19.6. The van der Waals surface area contributed by atoms with Crippen molar-refractivity contribution < 1.29 is 38.7 Å². The Bertz CT molecular complexity index is 592. The summed E-state index contributed by atoms with van der Waals surface area (Å²) in [7, 11) is 0. The molecular weight excluding hydrogens is 711 g/mol. The number of hydrogen-bond acceptors (Lipinski definition) is 12. The van der Waals surface area contributed by atoms with Gasteiger partial charge in [0, 0.05) is 36.3 Å². The molecule has 0 saturated carbocycles. The summed E-state index contributed by atoms with van der Waals surface area (Å²) in [4.78, 5) is 21.0. The minimum atomic E-state index is -1.09. The Morgan fingerprint density at radius 2 is 0.976 bits per heavy atom. The number of aliphatic hydroxyl groups is 2. The summed E-state index contributed by atoms with van der Waals surface area (Å²) in [5.74, 6) is 0. The van der Waals surface area contributed by atoms with E-state index in [1.54, 1.807) is 8.87 Å². The Morgan fingerprint density at radius 3 is 1.27 bits per heavy atom. The van der Waals surface area contributed by atoms with Crippen LogP contribution < -0.4 is 0 Å². The third-order valence-electron chi connectivity index (χ3n) is 4.91. The number of carbonyl (C=O) groups excluding carboxylic acids is 2. The van der Waals surface area contributed by atoms with Crippen LogP contribution in [0.5, 0.6) is 0 Å². The SMILES string of the molecule is CCCCOCCOC(=S)C(O)CC(=O)[S-].CCCCOCCOC(=S)C(O)CC(=O)[S-].CCC[CH2][Sn+2][CH2]CCC. The van der Waals surface area contributed by atoms with Crippen molar-refractivity contribution in [3.63, 3.8) is 0 Å². The van der Waals surface area contributed by atoms with Crippen molar-refractivity contribution in [1.82, 2.24) is 0 Å². The molecule has 0 spiro atoms. The van der Waals surface area contributed by atoms with Crippen LogP contribution in [0.2, 0.25) is 8.87 Å². The summed E-state index contributed by atoms with van der Waals surface area (Å²) < 4.78 is 23.8. The molecule has 13 heteroatoms.